The van der Waals surface area contributed by atoms with Gasteiger partial charge in [-0.25, -0.2) is 13.2 Å². The molecule has 1 aromatic rings. The van der Waals surface area contributed by atoms with E-state index in [4.69, 9.17) is 0 Å². The summed E-state index contributed by atoms with van der Waals surface area (Å²) in [6.45, 7) is 4.40. The van der Waals surface area contributed by atoms with Crippen LogP contribution in [0.3, 0.4) is 0 Å². The first kappa shape index (κ1) is 15.2. The predicted molar refractivity (Wildman–Crippen MR) is 75.1 cm³/mol. The molecule has 0 bridgehead atoms. The molecule has 112 valence electrons. The molecule has 0 aromatic heterocycles. The number of nitrogens with one attached hydrogen (secondary N) is 1. The molecule has 20 heavy (non-hydrogen) atoms. The van der Waals surface area contributed by atoms with E-state index in [0.717, 1.165) is 25.3 Å². The maximum atomic E-state index is 13.6. The predicted octanol–water partition coefficient (Wildman–Crippen LogP) is 5.12. The van der Waals surface area contributed by atoms with Crippen LogP contribution < -0.4 is 5.32 Å². The molecule has 1 aliphatic carbocycles. The molecular formula is C16H22F3N. The monoisotopic (exact) mass is 285 g/mol. The summed E-state index contributed by atoms with van der Waals surface area (Å²) in [6, 6.07) is 2.39. The van der Waals surface area contributed by atoms with Crippen molar-refractivity contribution in [3.8, 4) is 0 Å². The summed E-state index contributed by atoms with van der Waals surface area (Å²) in [5.74, 6) is -2.37. The Morgan fingerprint density at radius 1 is 1.15 bits per heavy atom. The average molecular weight is 285 g/mol. The SMILES string of the molecule is CC(C)CC1CCCC(Nc2ccc(F)c(F)c2F)C1. The number of hydrogen-bond donors (Lipinski definition) is 1. The molecular weight excluding hydrogens is 263 g/mol. The number of hydrogen-bond acceptors (Lipinski definition) is 1. The fourth-order valence-corrected chi connectivity index (χ4v) is 3.16. The van der Waals surface area contributed by atoms with E-state index in [1.54, 1.807) is 0 Å². The molecule has 2 unspecified atom stereocenters. The van der Waals surface area contributed by atoms with Crippen molar-refractivity contribution in [3.63, 3.8) is 0 Å². The second kappa shape index (κ2) is 6.51. The van der Waals surface area contributed by atoms with Crippen molar-refractivity contribution in [2.24, 2.45) is 11.8 Å². The fraction of sp³-hybridized carbons (Fsp3) is 0.625. The highest BCUT2D eigenvalue weighted by Crippen LogP contribution is 2.32. The second-order valence-electron chi connectivity index (χ2n) is 6.23. The summed E-state index contributed by atoms with van der Waals surface area (Å²) < 4.78 is 39.8. The van der Waals surface area contributed by atoms with E-state index in [1.807, 2.05) is 0 Å². The zero-order valence-electron chi connectivity index (χ0n) is 12.1. The van der Waals surface area contributed by atoms with E-state index in [2.05, 4.69) is 19.2 Å². The van der Waals surface area contributed by atoms with E-state index in [-0.39, 0.29) is 11.7 Å². The Kier molecular flexibility index (Phi) is 4.95. The van der Waals surface area contributed by atoms with Crippen LogP contribution in [-0.4, -0.2) is 6.04 Å². The van der Waals surface area contributed by atoms with Crippen LogP contribution >= 0.6 is 0 Å². The molecule has 0 amide bonds. The quantitative estimate of drug-likeness (QED) is 0.757. The first-order chi connectivity index (χ1) is 9.47. The molecule has 1 N–H and O–H groups in total. The first-order valence-corrected chi connectivity index (χ1v) is 7.37. The van der Waals surface area contributed by atoms with Crippen LogP contribution in [-0.2, 0) is 0 Å². The fourth-order valence-electron chi connectivity index (χ4n) is 3.16. The standard InChI is InChI=1S/C16H22F3N/c1-10(2)8-11-4-3-5-12(9-11)20-14-7-6-13(17)15(18)16(14)19/h6-7,10-12,20H,3-5,8-9H2,1-2H3. The van der Waals surface area contributed by atoms with Gasteiger partial charge in [0.05, 0.1) is 5.69 Å². The van der Waals surface area contributed by atoms with E-state index in [1.165, 1.54) is 18.9 Å². The summed E-state index contributed by atoms with van der Waals surface area (Å²) in [7, 11) is 0. The van der Waals surface area contributed by atoms with Crippen molar-refractivity contribution in [2.45, 2.75) is 52.0 Å². The summed E-state index contributed by atoms with van der Waals surface area (Å²) >= 11 is 0. The molecule has 0 saturated heterocycles. The average Bonchev–Trinajstić information content (AvgIpc) is 2.39. The van der Waals surface area contributed by atoms with E-state index in [0.29, 0.717) is 11.8 Å². The Morgan fingerprint density at radius 2 is 1.90 bits per heavy atom. The molecule has 0 aliphatic heterocycles. The number of anilines is 1. The minimum atomic E-state index is -1.40. The molecule has 1 fully saturated rings. The third kappa shape index (κ3) is 3.68. The van der Waals surface area contributed by atoms with Gasteiger partial charge in [-0.2, -0.15) is 0 Å². The van der Waals surface area contributed by atoms with Crippen LogP contribution in [0.25, 0.3) is 0 Å². The molecule has 1 aliphatic rings. The van der Waals surface area contributed by atoms with Crippen molar-refractivity contribution in [2.75, 3.05) is 5.32 Å². The lowest BCUT2D eigenvalue weighted by molar-refractivity contribution is 0.288. The van der Waals surface area contributed by atoms with Gasteiger partial charge in [0.15, 0.2) is 17.5 Å². The minimum absolute atomic E-state index is 0.0686. The highest BCUT2D eigenvalue weighted by atomic mass is 19.2. The largest absolute Gasteiger partial charge is 0.380 e. The van der Waals surface area contributed by atoms with Crippen LogP contribution in [0.5, 0.6) is 0 Å². The Hall–Kier alpha value is -1.19. The van der Waals surface area contributed by atoms with Gasteiger partial charge in [-0.05, 0) is 43.2 Å². The lowest BCUT2D eigenvalue weighted by Gasteiger charge is -2.31. The maximum Gasteiger partial charge on any atom is 0.196 e. The molecule has 1 saturated carbocycles. The normalized spacial score (nSPS) is 23.1. The van der Waals surface area contributed by atoms with E-state index >= 15 is 0 Å². The van der Waals surface area contributed by atoms with Gasteiger partial charge >= 0.3 is 0 Å². The zero-order valence-corrected chi connectivity index (χ0v) is 12.1. The van der Waals surface area contributed by atoms with Crippen molar-refractivity contribution >= 4 is 5.69 Å². The van der Waals surface area contributed by atoms with Crippen LogP contribution in [0, 0.1) is 29.3 Å². The summed E-state index contributed by atoms with van der Waals surface area (Å²) in [6.07, 6.45) is 5.39. The third-order valence-corrected chi connectivity index (χ3v) is 3.98. The maximum absolute atomic E-state index is 13.6. The molecule has 1 nitrogen and oxygen atoms in total. The molecule has 2 rings (SSSR count). The molecule has 0 radical (unpaired) electrons. The topological polar surface area (TPSA) is 12.0 Å². The van der Waals surface area contributed by atoms with Crippen molar-refractivity contribution < 1.29 is 13.2 Å². The van der Waals surface area contributed by atoms with Gasteiger partial charge in [-0.1, -0.05) is 26.7 Å². The first-order valence-electron chi connectivity index (χ1n) is 7.37. The number of halogens is 3. The van der Waals surface area contributed by atoms with Gasteiger partial charge in [0.2, 0.25) is 0 Å². The smallest absolute Gasteiger partial charge is 0.196 e. The lowest BCUT2D eigenvalue weighted by atomic mass is 9.81. The summed E-state index contributed by atoms with van der Waals surface area (Å²) in [4.78, 5) is 0. The van der Waals surface area contributed by atoms with Crippen molar-refractivity contribution in [1.82, 2.24) is 0 Å². The van der Waals surface area contributed by atoms with Crippen LogP contribution in [0.1, 0.15) is 46.0 Å². The lowest BCUT2D eigenvalue weighted by Crippen LogP contribution is -2.28. The highest BCUT2D eigenvalue weighted by Gasteiger charge is 2.24. The molecule has 0 spiro atoms. The Morgan fingerprint density at radius 3 is 2.60 bits per heavy atom. The van der Waals surface area contributed by atoms with Gasteiger partial charge in [0.1, 0.15) is 0 Å². The van der Waals surface area contributed by atoms with E-state index < -0.39 is 17.5 Å². The number of rotatable bonds is 4. The van der Waals surface area contributed by atoms with Crippen LogP contribution in [0.2, 0.25) is 0 Å². The Balaban J connectivity index is 2.01. The molecule has 2 atom stereocenters. The Labute approximate surface area is 118 Å². The van der Waals surface area contributed by atoms with Gasteiger partial charge in [-0.3, -0.25) is 0 Å². The van der Waals surface area contributed by atoms with Gasteiger partial charge < -0.3 is 5.32 Å². The van der Waals surface area contributed by atoms with Crippen LogP contribution in [0.15, 0.2) is 12.1 Å². The van der Waals surface area contributed by atoms with Gasteiger partial charge in [0, 0.05) is 6.04 Å². The third-order valence-electron chi connectivity index (χ3n) is 3.98. The molecule has 1 aromatic carbocycles. The Bertz CT molecular complexity index is 459. The van der Waals surface area contributed by atoms with Crippen molar-refractivity contribution in [1.29, 1.82) is 0 Å². The summed E-state index contributed by atoms with van der Waals surface area (Å²) in [5.41, 5.74) is 0.0686. The van der Waals surface area contributed by atoms with Gasteiger partial charge in [-0.15, -0.1) is 0 Å². The van der Waals surface area contributed by atoms with Gasteiger partial charge in [0.25, 0.3) is 0 Å². The summed E-state index contributed by atoms with van der Waals surface area (Å²) in [5, 5.41) is 3.04. The van der Waals surface area contributed by atoms with Crippen molar-refractivity contribution in [3.05, 3.63) is 29.6 Å². The van der Waals surface area contributed by atoms with Crippen LogP contribution in [0.4, 0.5) is 18.9 Å². The number of benzene rings is 1. The molecule has 4 heteroatoms. The highest BCUT2D eigenvalue weighted by molar-refractivity contribution is 5.46. The second-order valence-corrected chi connectivity index (χ2v) is 6.23. The molecule has 0 heterocycles. The van der Waals surface area contributed by atoms with E-state index in [9.17, 15) is 13.2 Å². The minimum Gasteiger partial charge on any atom is -0.380 e. The zero-order chi connectivity index (χ0) is 14.7.